The molecular formula is C17H36N4O. The van der Waals surface area contributed by atoms with Gasteiger partial charge in [-0.1, -0.05) is 41.5 Å². The van der Waals surface area contributed by atoms with Gasteiger partial charge >= 0.3 is 0 Å². The molecule has 0 aliphatic carbocycles. The molecule has 0 spiro atoms. The lowest BCUT2D eigenvalue weighted by molar-refractivity contribution is -0.128. The van der Waals surface area contributed by atoms with Crippen molar-refractivity contribution in [3.63, 3.8) is 0 Å². The summed E-state index contributed by atoms with van der Waals surface area (Å²) in [6.07, 6.45) is 2.70. The first-order chi connectivity index (χ1) is 10.1. The van der Waals surface area contributed by atoms with Gasteiger partial charge in [-0.2, -0.15) is 0 Å². The summed E-state index contributed by atoms with van der Waals surface area (Å²) in [5.74, 6) is 1.68. The van der Waals surface area contributed by atoms with E-state index in [9.17, 15) is 4.79 Å². The van der Waals surface area contributed by atoms with Crippen LogP contribution in [-0.2, 0) is 4.79 Å². The van der Waals surface area contributed by atoms with Crippen molar-refractivity contribution in [1.82, 2.24) is 5.32 Å². The number of nitrogens with one attached hydrogen (secondary N) is 1. The van der Waals surface area contributed by atoms with Crippen LogP contribution in [0.25, 0.3) is 0 Å². The third-order valence-electron chi connectivity index (χ3n) is 3.97. The van der Waals surface area contributed by atoms with Crippen LogP contribution in [0.5, 0.6) is 0 Å². The number of hydrogen-bond acceptors (Lipinski definition) is 2. The molecule has 5 nitrogen and oxygen atoms in total. The van der Waals surface area contributed by atoms with Crippen molar-refractivity contribution in [1.29, 1.82) is 0 Å². The van der Waals surface area contributed by atoms with Gasteiger partial charge in [0, 0.05) is 18.5 Å². The monoisotopic (exact) mass is 312 g/mol. The van der Waals surface area contributed by atoms with E-state index in [0.29, 0.717) is 24.3 Å². The van der Waals surface area contributed by atoms with Gasteiger partial charge in [0.2, 0.25) is 5.91 Å². The highest BCUT2D eigenvalue weighted by Gasteiger charge is 2.26. The van der Waals surface area contributed by atoms with E-state index in [2.05, 4.69) is 51.9 Å². The number of nitrogens with zero attached hydrogens (tertiary/aromatic N) is 1. The molecule has 5 heteroatoms. The molecule has 0 radical (unpaired) electrons. The highest BCUT2D eigenvalue weighted by atomic mass is 16.2. The molecule has 1 amide bonds. The smallest absolute Gasteiger partial charge is 0.223 e. The third kappa shape index (κ3) is 8.90. The lowest BCUT2D eigenvalue weighted by Gasteiger charge is -2.28. The lowest BCUT2D eigenvalue weighted by Crippen LogP contribution is -2.43. The summed E-state index contributed by atoms with van der Waals surface area (Å²) >= 11 is 0. The van der Waals surface area contributed by atoms with Crippen LogP contribution < -0.4 is 16.8 Å². The first-order valence-electron chi connectivity index (χ1n) is 8.50. The van der Waals surface area contributed by atoms with Crippen molar-refractivity contribution in [2.24, 2.45) is 40.1 Å². The van der Waals surface area contributed by atoms with Gasteiger partial charge in [-0.05, 0) is 37.0 Å². The Morgan fingerprint density at radius 3 is 2.05 bits per heavy atom. The normalized spacial score (nSPS) is 14.2. The first kappa shape index (κ1) is 20.7. The lowest BCUT2D eigenvalue weighted by atomic mass is 9.86. The molecule has 0 aromatic rings. The van der Waals surface area contributed by atoms with E-state index in [1.165, 1.54) is 0 Å². The minimum atomic E-state index is 0.0824. The number of nitrogens with two attached hydrogens (primary N) is 2. The quantitative estimate of drug-likeness (QED) is 0.329. The van der Waals surface area contributed by atoms with Gasteiger partial charge in [-0.3, -0.25) is 9.79 Å². The first-order valence-corrected chi connectivity index (χ1v) is 8.50. The molecular weight excluding hydrogens is 276 g/mol. The number of guanidine groups is 1. The van der Waals surface area contributed by atoms with E-state index in [-0.39, 0.29) is 23.8 Å². The number of hydrogen-bond donors (Lipinski definition) is 3. The predicted molar refractivity (Wildman–Crippen MR) is 94.5 cm³/mol. The van der Waals surface area contributed by atoms with Crippen LogP contribution in [0.4, 0.5) is 0 Å². The standard InChI is InChI=1S/C17H36N4O/c1-11(2)10-14(12(3)4)16(22)21-15(13(5)6)8-7-9-20-17(18)19/h11-15H,7-10H2,1-6H3,(H,21,22)(H4,18,19,20). The second-order valence-corrected chi connectivity index (χ2v) is 7.29. The van der Waals surface area contributed by atoms with Crippen molar-refractivity contribution < 1.29 is 4.79 Å². The molecule has 0 aromatic carbocycles. The van der Waals surface area contributed by atoms with Gasteiger partial charge in [0.15, 0.2) is 5.96 Å². The molecule has 0 saturated heterocycles. The minimum Gasteiger partial charge on any atom is -0.370 e. The van der Waals surface area contributed by atoms with Crippen LogP contribution in [0.15, 0.2) is 4.99 Å². The second kappa shape index (κ2) is 10.5. The fourth-order valence-corrected chi connectivity index (χ4v) is 2.57. The Kier molecular flexibility index (Phi) is 9.86. The van der Waals surface area contributed by atoms with Gasteiger partial charge < -0.3 is 16.8 Å². The maximum absolute atomic E-state index is 12.6. The molecule has 0 aliphatic heterocycles. The zero-order valence-corrected chi connectivity index (χ0v) is 15.2. The number of aliphatic imine (C=N–C) groups is 1. The van der Waals surface area contributed by atoms with Crippen LogP contribution >= 0.6 is 0 Å². The molecule has 0 saturated carbocycles. The van der Waals surface area contributed by atoms with E-state index in [4.69, 9.17) is 11.5 Å². The van der Waals surface area contributed by atoms with Crippen LogP contribution in [0.3, 0.4) is 0 Å². The van der Waals surface area contributed by atoms with E-state index in [0.717, 1.165) is 19.3 Å². The predicted octanol–water partition coefficient (Wildman–Crippen LogP) is 2.50. The fraction of sp³-hybridized carbons (Fsp3) is 0.882. The zero-order valence-electron chi connectivity index (χ0n) is 15.2. The summed E-state index contributed by atoms with van der Waals surface area (Å²) in [7, 11) is 0. The summed E-state index contributed by atoms with van der Waals surface area (Å²) < 4.78 is 0. The average molecular weight is 313 g/mol. The van der Waals surface area contributed by atoms with E-state index >= 15 is 0 Å². The molecule has 0 fully saturated rings. The van der Waals surface area contributed by atoms with Crippen LogP contribution in [0, 0.1) is 23.7 Å². The SMILES string of the molecule is CC(C)CC(C(=O)NC(CCCN=C(N)N)C(C)C)C(C)C. The average Bonchev–Trinajstić information content (AvgIpc) is 2.38. The Morgan fingerprint density at radius 1 is 1.05 bits per heavy atom. The Bertz CT molecular complexity index is 347. The van der Waals surface area contributed by atoms with Crippen molar-refractivity contribution in [3.05, 3.63) is 0 Å². The summed E-state index contributed by atoms with van der Waals surface area (Å²) in [6, 6.07) is 0.176. The summed E-state index contributed by atoms with van der Waals surface area (Å²) in [5.41, 5.74) is 10.7. The van der Waals surface area contributed by atoms with Gasteiger partial charge in [0.1, 0.15) is 0 Å². The number of rotatable bonds is 10. The molecule has 5 N–H and O–H groups in total. The number of carbonyl (C=O) groups excluding carboxylic acids is 1. The van der Waals surface area contributed by atoms with Gasteiger partial charge in [-0.15, -0.1) is 0 Å². The van der Waals surface area contributed by atoms with Gasteiger partial charge in [0.05, 0.1) is 0 Å². The molecule has 22 heavy (non-hydrogen) atoms. The minimum absolute atomic E-state index is 0.0824. The van der Waals surface area contributed by atoms with Gasteiger partial charge in [0.25, 0.3) is 0 Å². The molecule has 0 bridgehead atoms. The topological polar surface area (TPSA) is 93.5 Å². The molecule has 0 aliphatic rings. The zero-order chi connectivity index (χ0) is 17.3. The molecule has 2 atom stereocenters. The van der Waals surface area contributed by atoms with E-state index < -0.39 is 0 Å². The Labute approximate surface area is 136 Å². The second-order valence-electron chi connectivity index (χ2n) is 7.29. The van der Waals surface area contributed by atoms with Crippen molar-refractivity contribution in [2.75, 3.05) is 6.54 Å². The molecule has 0 heterocycles. The molecule has 0 aromatic heterocycles. The fourth-order valence-electron chi connectivity index (χ4n) is 2.57. The largest absolute Gasteiger partial charge is 0.370 e. The van der Waals surface area contributed by atoms with Crippen molar-refractivity contribution >= 4 is 11.9 Å². The maximum atomic E-state index is 12.6. The molecule has 0 rings (SSSR count). The van der Waals surface area contributed by atoms with Crippen LogP contribution in [0.1, 0.15) is 60.8 Å². The third-order valence-corrected chi connectivity index (χ3v) is 3.97. The Balaban J connectivity index is 4.58. The number of amides is 1. The highest BCUT2D eigenvalue weighted by Crippen LogP contribution is 2.21. The van der Waals surface area contributed by atoms with Crippen molar-refractivity contribution in [2.45, 2.75) is 66.8 Å². The Morgan fingerprint density at radius 2 is 1.64 bits per heavy atom. The van der Waals surface area contributed by atoms with E-state index in [1.807, 2.05) is 0 Å². The number of carbonyl (C=O) groups is 1. The highest BCUT2D eigenvalue weighted by molar-refractivity contribution is 5.79. The molecule has 130 valence electrons. The van der Waals surface area contributed by atoms with E-state index in [1.54, 1.807) is 0 Å². The van der Waals surface area contributed by atoms with Crippen molar-refractivity contribution in [3.8, 4) is 0 Å². The summed E-state index contributed by atoms with van der Waals surface area (Å²) in [4.78, 5) is 16.6. The maximum Gasteiger partial charge on any atom is 0.223 e. The summed E-state index contributed by atoms with van der Waals surface area (Å²) in [6.45, 7) is 13.5. The summed E-state index contributed by atoms with van der Waals surface area (Å²) in [5, 5.41) is 3.24. The molecule has 2 unspecified atom stereocenters. The Hall–Kier alpha value is -1.26. The van der Waals surface area contributed by atoms with Crippen LogP contribution in [-0.4, -0.2) is 24.5 Å². The van der Waals surface area contributed by atoms with Gasteiger partial charge in [-0.25, -0.2) is 0 Å². The van der Waals surface area contributed by atoms with Crippen LogP contribution in [0.2, 0.25) is 0 Å².